The second kappa shape index (κ2) is 8.79. The van der Waals surface area contributed by atoms with Crippen LogP contribution in [0.15, 0.2) is 30.5 Å². The zero-order valence-electron chi connectivity index (χ0n) is 16.7. The lowest BCUT2D eigenvalue weighted by molar-refractivity contribution is 0.0767. The Balaban J connectivity index is 2.41. The van der Waals surface area contributed by atoms with Crippen molar-refractivity contribution in [3.05, 3.63) is 47.3 Å². The van der Waals surface area contributed by atoms with Crippen molar-refractivity contribution in [2.24, 2.45) is 0 Å². The first-order valence-corrected chi connectivity index (χ1v) is 9.41. The lowest BCUT2D eigenvalue weighted by atomic mass is 9.93. The molecule has 1 N–H and O–H groups in total. The van der Waals surface area contributed by atoms with Crippen molar-refractivity contribution in [3.63, 3.8) is 0 Å². The van der Waals surface area contributed by atoms with E-state index in [1.165, 1.54) is 11.1 Å². The number of carbonyl (C=O) groups excluding carboxylic acids is 1. The van der Waals surface area contributed by atoms with E-state index in [0.717, 1.165) is 5.69 Å². The number of amides is 1. The first-order valence-electron chi connectivity index (χ1n) is 9.41. The van der Waals surface area contributed by atoms with Crippen molar-refractivity contribution in [1.29, 1.82) is 0 Å². The lowest BCUT2D eigenvalue weighted by Crippen LogP contribution is -2.31. The standard InChI is InChI=1S/C21H30N4O/c1-7-25(8-2)20(26)18-12-13-22-21(23-18)24-19-16(14(3)4)10-9-11-17(19)15(5)6/h9-15H,7-8H2,1-6H3,(H,22,23,24). The van der Waals surface area contributed by atoms with Crippen LogP contribution in [-0.2, 0) is 0 Å². The first kappa shape index (κ1) is 19.9. The summed E-state index contributed by atoms with van der Waals surface area (Å²) in [7, 11) is 0. The normalized spacial score (nSPS) is 11.1. The van der Waals surface area contributed by atoms with Gasteiger partial charge in [-0.3, -0.25) is 4.79 Å². The van der Waals surface area contributed by atoms with E-state index in [0.29, 0.717) is 36.6 Å². The Hall–Kier alpha value is -2.43. The van der Waals surface area contributed by atoms with Gasteiger partial charge in [0.05, 0.1) is 0 Å². The van der Waals surface area contributed by atoms with Crippen molar-refractivity contribution in [2.75, 3.05) is 18.4 Å². The number of nitrogens with one attached hydrogen (secondary N) is 1. The first-order chi connectivity index (χ1) is 12.4. The van der Waals surface area contributed by atoms with Gasteiger partial charge in [0.1, 0.15) is 5.69 Å². The summed E-state index contributed by atoms with van der Waals surface area (Å²) < 4.78 is 0. The highest BCUT2D eigenvalue weighted by atomic mass is 16.2. The number of aromatic nitrogens is 2. The minimum absolute atomic E-state index is 0.0679. The number of para-hydroxylation sites is 1. The van der Waals surface area contributed by atoms with Crippen LogP contribution in [0.5, 0.6) is 0 Å². The van der Waals surface area contributed by atoms with E-state index in [9.17, 15) is 4.79 Å². The van der Waals surface area contributed by atoms with Gasteiger partial charge in [0.15, 0.2) is 0 Å². The van der Waals surface area contributed by atoms with Gasteiger partial charge in [-0.15, -0.1) is 0 Å². The van der Waals surface area contributed by atoms with Gasteiger partial charge in [0.25, 0.3) is 5.91 Å². The Kier molecular flexibility index (Phi) is 6.72. The molecule has 0 atom stereocenters. The van der Waals surface area contributed by atoms with E-state index in [1.54, 1.807) is 17.2 Å². The Bertz CT molecular complexity index is 725. The van der Waals surface area contributed by atoms with Crippen LogP contribution in [0, 0.1) is 0 Å². The van der Waals surface area contributed by atoms with E-state index >= 15 is 0 Å². The molecular formula is C21H30N4O. The van der Waals surface area contributed by atoms with Crippen LogP contribution in [0.25, 0.3) is 0 Å². The molecule has 0 saturated heterocycles. The molecule has 1 aromatic carbocycles. The molecule has 2 rings (SSSR count). The second-order valence-electron chi connectivity index (χ2n) is 6.99. The quantitative estimate of drug-likeness (QED) is 0.764. The molecule has 0 saturated carbocycles. The molecule has 0 unspecified atom stereocenters. The number of hydrogen-bond donors (Lipinski definition) is 1. The molecule has 1 amide bonds. The molecule has 140 valence electrons. The molecule has 1 aromatic heterocycles. The minimum Gasteiger partial charge on any atom is -0.338 e. The summed E-state index contributed by atoms with van der Waals surface area (Å²) in [4.78, 5) is 23.1. The Morgan fingerprint density at radius 1 is 1.04 bits per heavy atom. The highest BCUT2D eigenvalue weighted by Crippen LogP contribution is 2.33. The van der Waals surface area contributed by atoms with Crippen LogP contribution < -0.4 is 5.32 Å². The monoisotopic (exact) mass is 354 g/mol. The SMILES string of the molecule is CCN(CC)C(=O)c1ccnc(Nc2c(C(C)C)cccc2C(C)C)n1. The number of rotatable bonds is 7. The fraction of sp³-hybridized carbons (Fsp3) is 0.476. The average Bonchev–Trinajstić information content (AvgIpc) is 2.62. The second-order valence-corrected chi connectivity index (χ2v) is 6.99. The predicted octanol–water partition coefficient (Wildman–Crippen LogP) is 4.95. The minimum atomic E-state index is -0.0679. The molecular weight excluding hydrogens is 324 g/mol. The third-order valence-corrected chi connectivity index (χ3v) is 4.54. The summed E-state index contributed by atoms with van der Waals surface area (Å²) in [6.45, 7) is 14.0. The summed E-state index contributed by atoms with van der Waals surface area (Å²) >= 11 is 0. The third kappa shape index (κ3) is 4.40. The Morgan fingerprint density at radius 2 is 1.62 bits per heavy atom. The maximum Gasteiger partial charge on any atom is 0.272 e. The zero-order valence-corrected chi connectivity index (χ0v) is 16.7. The molecule has 0 fully saturated rings. The van der Waals surface area contributed by atoms with Crippen molar-refractivity contribution >= 4 is 17.5 Å². The summed E-state index contributed by atoms with van der Waals surface area (Å²) in [5.41, 5.74) is 3.91. The van der Waals surface area contributed by atoms with Gasteiger partial charge in [0.2, 0.25) is 5.95 Å². The van der Waals surface area contributed by atoms with Gasteiger partial charge in [-0.05, 0) is 42.9 Å². The molecule has 0 aliphatic heterocycles. The van der Waals surface area contributed by atoms with Crippen LogP contribution >= 0.6 is 0 Å². The van der Waals surface area contributed by atoms with Crippen molar-refractivity contribution < 1.29 is 4.79 Å². The summed E-state index contributed by atoms with van der Waals surface area (Å²) in [5, 5.41) is 3.38. The van der Waals surface area contributed by atoms with Gasteiger partial charge in [-0.2, -0.15) is 0 Å². The van der Waals surface area contributed by atoms with E-state index in [2.05, 4.69) is 61.2 Å². The predicted molar refractivity (Wildman–Crippen MR) is 107 cm³/mol. The molecule has 0 spiro atoms. The molecule has 0 radical (unpaired) electrons. The average molecular weight is 354 g/mol. The number of hydrogen-bond acceptors (Lipinski definition) is 4. The summed E-state index contributed by atoms with van der Waals surface area (Å²) in [5.74, 6) is 1.13. The lowest BCUT2D eigenvalue weighted by Gasteiger charge is -2.21. The smallest absolute Gasteiger partial charge is 0.272 e. The number of carbonyl (C=O) groups is 1. The Morgan fingerprint density at radius 3 is 2.12 bits per heavy atom. The fourth-order valence-electron chi connectivity index (χ4n) is 3.02. The van der Waals surface area contributed by atoms with Crippen LogP contribution in [-0.4, -0.2) is 33.9 Å². The highest BCUT2D eigenvalue weighted by Gasteiger charge is 2.17. The zero-order chi connectivity index (χ0) is 19.3. The molecule has 26 heavy (non-hydrogen) atoms. The van der Waals surface area contributed by atoms with Crippen LogP contribution in [0.1, 0.15) is 75.0 Å². The number of benzene rings is 1. The van der Waals surface area contributed by atoms with Crippen LogP contribution in [0.3, 0.4) is 0 Å². The largest absolute Gasteiger partial charge is 0.338 e. The van der Waals surface area contributed by atoms with Gasteiger partial charge in [-0.1, -0.05) is 45.9 Å². The number of nitrogens with zero attached hydrogens (tertiary/aromatic N) is 3. The van der Waals surface area contributed by atoms with E-state index in [4.69, 9.17) is 0 Å². The molecule has 5 nitrogen and oxygen atoms in total. The van der Waals surface area contributed by atoms with Crippen molar-refractivity contribution in [3.8, 4) is 0 Å². The van der Waals surface area contributed by atoms with Gasteiger partial charge >= 0.3 is 0 Å². The molecule has 2 aromatic rings. The number of anilines is 2. The maximum atomic E-state index is 12.6. The third-order valence-electron chi connectivity index (χ3n) is 4.54. The van der Waals surface area contributed by atoms with Gasteiger partial charge in [0, 0.05) is 25.0 Å². The molecule has 0 aliphatic carbocycles. The van der Waals surface area contributed by atoms with Crippen molar-refractivity contribution in [2.45, 2.75) is 53.4 Å². The molecule has 0 bridgehead atoms. The molecule has 0 aliphatic rings. The molecule has 5 heteroatoms. The van der Waals surface area contributed by atoms with E-state index in [-0.39, 0.29) is 5.91 Å². The van der Waals surface area contributed by atoms with E-state index in [1.807, 2.05) is 13.8 Å². The van der Waals surface area contributed by atoms with Gasteiger partial charge in [-0.25, -0.2) is 9.97 Å². The van der Waals surface area contributed by atoms with Crippen LogP contribution in [0.2, 0.25) is 0 Å². The van der Waals surface area contributed by atoms with E-state index < -0.39 is 0 Å². The van der Waals surface area contributed by atoms with Gasteiger partial charge < -0.3 is 10.2 Å². The van der Waals surface area contributed by atoms with Crippen LogP contribution in [0.4, 0.5) is 11.6 Å². The maximum absolute atomic E-state index is 12.6. The summed E-state index contributed by atoms with van der Waals surface area (Å²) in [6.07, 6.45) is 1.64. The summed E-state index contributed by atoms with van der Waals surface area (Å²) in [6, 6.07) is 8.02. The topological polar surface area (TPSA) is 58.1 Å². The molecule has 1 heterocycles. The Labute approximate surface area is 156 Å². The fourth-order valence-corrected chi connectivity index (χ4v) is 3.02. The highest BCUT2D eigenvalue weighted by molar-refractivity contribution is 5.92. The van der Waals surface area contributed by atoms with Crippen molar-refractivity contribution in [1.82, 2.24) is 14.9 Å².